The van der Waals surface area contributed by atoms with Crippen molar-refractivity contribution >= 4 is 0 Å². The van der Waals surface area contributed by atoms with Crippen LogP contribution in [-0.2, 0) is 0 Å². The lowest BCUT2D eigenvalue weighted by molar-refractivity contribution is 0.359. The first kappa shape index (κ1) is 10.8. The molecule has 1 aliphatic rings. The van der Waals surface area contributed by atoms with Crippen molar-refractivity contribution in [1.82, 2.24) is 0 Å². The van der Waals surface area contributed by atoms with Crippen LogP contribution in [0.2, 0.25) is 0 Å². The van der Waals surface area contributed by atoms with Gasteiger partial charge in [-0.2, -0.15) is 0 Å². The van der Waals surface area contributed by atoms with Gasteiger partial charge in [0, 0.05) is 0 Å². The maximum Gasteiger partial charge on any atom is -0.0202 e. The van der Waals surface area contributed by atoms with Gasteiger partial charge in [0.2, 0.25) is 0 Å². The summed E-state index contributed by atoms with van der Waals surface area (Å²) in [5, 5.41) is 0. The first-order chi connectivity index (χ1) is 6.38. The van der Waals surface area contributed by atoms with Crippen LogP contribution in [0.15, 0.2) is 12.2 Å². The van der Waals surface area contributed by atoms with E-state index < -0.39 is 0 Å². The van der Waals surface area contributed by atoms with Crippen molar-refractivity contribution in [2.75, 3.05) is 0 Å². The molecule has 2 atom stereocenters. The van der Waals surface area contributed by atoms with Gasteiger partial charge in [-0.15, -0.1) is 0 Å². The van der Waals surface area contributed by atoms with E-state index >= 15 is 0 Å². The molecule has 0 aromatic rings. The largest absolute Gasteiger partial charge is 0.0880 e. The molecule has 0 heterocycles. The summed E-state index contributed by atoms with van der Waals surface area (Å²) in [5.41, 5.74) is 0. The Balaban J connectivity index is 2.21. The Labute approximate surface area is 83.4 Å². The predicted octanol–water partition coefficient (Wildman–Crippen LogP) is 4.56. The van der Waals surface area contributed by atoms with Crippen LogP contribution >= 0.6 is 0 Å². The van der Waals surface area contributed by atoms with Gasteiger partial charge in [-0.25, -0.2) is 0 Å². The molecule has 0 unspecified atom stereocenters. The minimum Gasteiger partial charge on any atom is -0.0880 e. The van der Waals surface area contributed by atoms with E-state index in [9.17, 15) is 0 Å². The minimum absolute atomic E-state index is 0.923. The summed E-state index contributed by atoms with van der Waals surface area (Å²) in [6.07, 6.45) is 14.7. The van der Waals surface area contributed by atoms with Crippen LogP contribution in [0.3, 0.4) is 0 Å². The van der Waals surface area contributed by atoms with E-state index in [0.29, 0.717) is 0 Å². The van der Waals surface area contributed by atoms with Crippen molar-refractivity contribution < 1.29 is 0 Å². The number of allylic oxidation sites excluding steroid dienone is 2. The highest BCUT2D eigenvalue weighted by Crippen LogP contribution is 2.33. The molecule has 0 bridgehead atoms. The van der Waals surface area contributed by atoms with E-state index in [1.165, 1.54) is 44.9 Å². The third kappa shape index (κ3) is 3.54. The van der Waals surface area contributed by atoms with Gasteiger partial charge >= 0.3 is 0 Å². The quantitative estimate of drug-likeness (QED) is 0.526. The second-order valence-electron chi connectivity index (χ2n) is 4.37. The topological polar surface area (TPSA) is 0 Å². The Kier molecular flexibility index (Phi) is 5.19. The SMILES string of the molecule is CCCC[C@H]1CC=C[C@H]1CCCC. The first-order valence-electron chi connectivity index (χ1n) is 6.05. The van der Waals surface area contributed by atoms with Crippen LogP contribution in [0, 0.1) is 11.8 Å². The number of hydrogen-bond acceptors (Lipinski definition) is 0. The summed E-state index contributed by atoms with van der Waals surface area (Å²) in [6.45, 7) is 4.59. The van der Waals surface area contributed by atoms with Gasteiger partial charge in [0.05, 0.1) is 0 Å². The maximum atomic E-state index is 2.47. The second-order valence-corrected chi connectivity index (χ2v) is 4.37. The lowest BCUT2D eigenvalue weighted by Gasteiger charge is -2.18. The van der Waals surface area contributed by atoms with Crippen LogP contribution in [0.4, 0.5) is 0 Å². The van der Waals surface area contributed by atoms with Crippen molar-refractivity contribution in [2.45, 2.75) is 58.8 Å². The molecule has 0 spiro atoms. The molecule has 13 heavy (non-hydrogen) atoms. The molecule has 0 saturated heterocycles. The standard InChI is InChI=1S/C13H24/c1-3-5-8-12-10-7-11-13(12)9-6-4-2/h7,10,12-13H,3-6,8-9,11H2,1-2H3/t12-,13+/m1/s1. The molecule has 0 radical (unpaired) electrons. The Morgan fingerprint density at radius 2 is 1.77 bits per heavy atom. The normalized spacial score (nSPS) is 26.9. The fourth-order valence-electron chi connectivity index (χ4n) is 2.33. The zero-order valence-corrected chi connectivity index (χ0v) is 9.26. The summed E-state index contributed by atoms with van der Waals surface area (Å²) in [5.74, 6) is 1.91. The average Bonchev–Trinajstić information content (AvgIpc) is 2.59. The highest BCUT2D eigenvalue weighted by atomic mass is 14.3. The molecule has 0 saturated carbocycles. The molecular formula is C13H24. The van der Waals surface area contributed by atoms with Gasteiger partial charge in [0.25, 0.3) is 0 Å². The fourth-order valence-corrected chi connectivity index (χ4v) is 2.33. The molecule has 0 amide bonds. The third-order valence-electron chi connectivity index (χ3n) is 3.25. The van der Waals surface area contributed by atoms with E-state index in [2.05, 4.69) is 26.0 Å². The van der Waals surface area contributed by atoms with Crippen LogP contribution in [0.25, 0.3) is 0 Å². The van der Waals surface area contributed by atoms with E-state index in [4.69, 9.17) is 0 Å². The maximum absolute atomic E-state index is 2.47. The summed E-state index contributed by atoms with van der Waals surface area (Å²) >= 11 is 0. The lowest BCUT2D eigenvalue weighted by atomic mass is 9.87. The van der Waals surface area contributed by atoms with Gasteiger partial charge in [-0.1, -0.05) is 51.7 Å². The van der Waals surface area contributed by atoms with Gasteiger partial charge in [-0.3, -0.25) is 0 Å². The highest BCUT2D eigenvalue weighted by molar-refractivity contribution is 5.00. The van der Waals surface area contributed by atoms with E-state index in [1.54, 1.807) is 0 Å². The summed E-state index contributed by atoms with van der Waals surface area (Å²) in [4.78, 5) is 0. The highest BCUT2D eigenvalue weighted by Gasteiger charge is 2.20. The molecule has 0 aromatic carbocycles. The van der Waals surface area contributed by atoms with E-state index in [-0.39, 0.29) is 0 Å². The average molecular weight is 180 g/mol. The van der Waals surface area contributed by atoms with Gasteiger partial charge in [0.1, 0.15) is 0 Å². The molecule has 0 aromatic heterocycles. The summed E-state index contributed by atoms with van der Waals surface area (Å²) in [7, 11) is 0. The summed E-state index contributed by atoms with van der Waals surface area (Å²) < 4.78 is 0. The van der Waals surface area contributed by atoms with E-state index in [1.807, 2.05) is 0 Å². The van der Waals surface area contributed by atoms with Gasteiger partial charge in [-0.05, 0) is 31.1 Å². The molecule has 76 valence electrons. The molecule has 0 heteroatoms. The van der Waals surface area contributed by atoms with Crippen molar-refractivity contribution in [1.29, 1.82) is 0 Å². The Hall–Kier alpha value is -0.260. The van der Waals surface area contributed by atoms with E-state index in [0.717, 1.165) is 11.8 Å². The molecule has 1 aliphatic carbocycles. The Morgan fingerprint density at radius 1 is 1.08 bits per heavy atom. The van der Waals surface area contributed by atoms with Crippen LogP contribution in [0.5, 0.6) is 0 Å². The van der Waals surface area contributed by atoms with Crippen LogP contribution in [-0.4, -0.2) is 0 Å². The number of unbranched alkanes of at least 4 members (excludes halogenated alkanes) is 2. The van der Waals surface area contributed by atoms with Crippen LogP contribution in [0.1, 0.15) is 58.8 Å². The molecular weight excluding hydrogens is 156 g/mol. The first-order valence-corrected chi connectivity index (χ1v) is 6.05. The second kappa shape index (κ2) is 6.23. The molecule has 1 rings (SSSR count). The third-order valence-corrected chi connectivity index (χ3v) is 3.25. The molecule has 0 fully saturated rings. The predicted molar refractivity (Wildman–Crippen MR) is 59.8 cm³/mol. The number of rotatable bonds is 6. The van der Waals surface area contributed by atoms with Gasteiger partial charge < -0.3 is 0 Å². The van der Waals surface area contributed by atoms with Gasteiger partial charge in [0.15, 0.2) is 0 Å². The van der Waals surface area contributed by atoms with Crippen molar-refractivity contribution in [3.05, 3.63) is 12.2 Å². The van der Waals surface area contributed by atoms with Crippen molar-refractivity contribution in [3.8, 4) is 0 Å². The smallest absolute Gasteiger partial charge is 0.0202 e. The molecule has 0 nitrogen and oxygen atoms in total. The Morgan fingerprint density at radius 3 is 2.46 bits per heavy atom. The fraction of sp³-hybridized carbons (Fsp3) is 0.846. The number of hydrogen-bond donors (Lipinski definition) is 0. The monoisotopic (exact) mass is 180 g/mol. The Bertz CT molecular complexity index is 146. The lowest BCUT2D eigenvalue weighted by Crippen LogP contribution is -2.07. The molecule has 0 N–H and O–H groups in total. The van der Waals surface area contributed by atoms with Crippen molar-refractivity contribution in [2.24, 2.45) is 11.8 Å². The van der Waals surface area contributed by atoms with Crippen LogP contribution < -0.4 is 0 Å². The molecule has 0 aliphatic heterocycles. The van der Waals surface area contributed by atoms with Crippen molar-refractivity contribution in [3.63, 3.8) is 0 Å². The minimum atomic E-state index is 0.923. The zero-order chi connectivity index (χ0) is 9.52. The zero-order valence-electron chi connectivity index (χ0n) is 9.26. The summed E-state index contributed by atoms with van der Waals surface area (Å²) in [6, 6.07) is 0.